The molecule has 4 aromatic rings. The normalized spacial score (nSPS) is 10.8. The van der Waals surface area contributed by atoms with E-state index in [-0.39, 0.29) is 18.6 Å². The van der Waals surface area contributed by atoms with Crippen LogP contribution < -0.4 is 5.32 Å². The first-order chi connectivity index (χ1) is 14.3. The van der Waals surface area contributed by atoms with Gasteiger partial charge in [-0.3, -0.25) is 4.79 Å². The summed E-state index contributed by atoms with van der Waals surface area (Å²) in [6, 6.07) is 27.1. The number of rotatable bonds is 7. The van der Waals surface area contributed by atoms with E-state index < -0.39 is 0 Å². The van der Waals surface area contributed by atoms with E-state index in [1.165, 1.54) is 6.33 Å². The number of hydrogen-bond acceptors (Lipinski definition) is 4. The number of nitrogens with one attached hydrogen (secondary N) is 1. The van der Waals surface area contributed by atoms with Gasteiger partial charge >= 0.3 is 0 Å². The van der Waals surface area contributed by atoms with Crippen LogP contribution in [0.2, 0.25) is 0 Å². The molecular weight excluding hydrogens is 364 g/mol. The number of ether oxygens (including phenoxy) is 1. The summed E-state index contributed by atoms with van der Waals surface area (Å²) in [6.45, 7) is -0.0563. The van der Waals surface area contributed by atoms with Gasteiger partial charge in [0.1, 0.15) is 25.4 Å². The number of nitrogens with zero attached hydrogens (tertiary/aromatic N) is 3. The Bertz CT molecular complexity index is 994. The maximum Gasteiger partial charge on any atom is 0.250 e. The van der Waals surface area contributed by atoms with E-state index >= 15 is 0 Å². The SMILES string of the molecule is O=C(COC(c1ccccc1)c1ccccc1)Nc1ccc(-n2cncn2)cc1. The minimum absolute atomic E-state index is 0.0563. The molecule has 1 N–H and O–H groups in total. The molecule has 1 heterocycles. The van der Waals surface area contributed by atoms with Crippen molar-refractivity contribution in [1.82, 2.24) is 14.8 Å². The minimum Gasteiger partial charge on any atom is -0.359 e. The van der Waals surface area contributed by atoms with Crippen molar-refractivity contribution in [2.75, 3.05) is 11.9 Å². The highest BCUT2D eigenvalue weighted by Gasteiger charge is 2.16. The maximum atomic E-state index is 12.4. The van der Waals surface area contributed by atoms with Crippen molar-refractivity contribution in [2.24, 2.45) is 0 Å². The molecule has 4 rings (SSSR count). The van der Waals surface area contributed by atoms with Crippen LogP contribution in [-0.4, -0.2) is 27.3 Å². The van der Waals surface area contributed by atoms with Crippen LogP contribution in [0.4, 0.5) is 5.69 Å². The molecule has 0 atom stereocenters. The van der Waals surface area contributed by atoms with Crippen LogP contribution in [0.15, 0.2) is 97.6 Å². The number of hydrogen-bond donors (Lipinski definition) is 1. The van der Waals surface area contributed by atoms with E-state index in [2.05, 4.69) is 15.4 Å². The van der Waals surface area contributed by atoms with E-state index in [1.807, 2.05) is 84.9 Å². The summed E-state index contributed by atoms with van der Waals surface area (Å²) in [7, 11) is 0. The van der Waals surface area contributed by atoms with Gasteiger partial charge in [-0.1, -0.05) is 60.7 Å². The molecule has 0 unspecified atom stereocenters. The summed E-state index contributed by atoms with van der Waals surface area (Å²) < 4.78 is 7.65. The summed E-state index contributed by atoms with van der Waals surface area (Å²) in [4.78, 5) is 16.4. The molecule has 144 valence electrons. The first-order valence-electron chi connectivity index (χ1n) is 9.26. The van der Waals surface area contributed by atoms with Crippen LogP contribution in [0.3, 0.4) is 0 Å². The molecule has 1 aromatic heterocycles. The second kappa shape index (κ2) is 8.95. The molecule has 0 fully saturated rings. The zero-order valence-corrected chi connectivity index (χ0v) is 15.7. The van der Waals surface area contributed by atoms with Gasteiger partial charge in [0, 0.05) is 5.69 Å². The number of anilines is 1. The number of aromatic nitrogens is 3. The van der Waals surface area contributed by atoms with Crippen molar-refractivity contribution < 1.29 is 9.53 Å². The number of benzene rings is 3. The van der Waals surface area contributed by atoms with Crippen molar-refractivity contribution in [3.05, 3.63) is 109 Å². The Hall–Kier alpha value is -3.77. The zero-order chi connectivity index (χ0) is 19.9. The van der Waals surface area contributed by atoms with Gasteiger partial charge in [0.25, 0.3) is 0 Å². The minimum atomic E-state index is -0.308. The average molecular weight is 384 g/mol. The molecule has 0 saturated heterocycles. The van der Waals surface area contributed by atoms with Crippen LogP contribution in [0.25, 0.3) is 5.69 Å². The van der Waals surface area contributed by atoms with Gasteiger partial charge in [-0.15, -0.1) is 0 Å². The van der Waals surface area contributed by atoms with E-state index in [9.17, 15) is 4.79 Å². The molecule has 1 amide bonds. The zero-order valence-electron chi connectivity index (χ0n) is 15.7. The lowest BCUT2D eigenvalue weighted by atomic mass is 10.0. The van der Waals surface area contributed by atoms with Crippen LogP contribution in [0.5, 0.6) is 0 Å². The molecule has 0 saturated carbocycles. The highest BCUT2D eigenvalue weighted by Crippen LogP contribution is 2.25. The summed E-state index contributed by atoms with van der Waals surface area (Å²) in [6.07, 6.45) is 2.79. The second-order valence-electron chi connectivity index (χ2n) is 6.45. The first kappa shape index (κ1) is 18.6. The predicted molar refractivity (Wildman–Crippen MR) is 111 cm³/mol. The third-order valence-corrected chi connectivity index (χ3v) is 4.42. The van der Waals surface area contributed by atoms with Crippen molar-refractivity contribution in [3.8, 4) is 5.69 Å². The number of amides is 1. The smallest absolute Gasteiger partial charge is 0.250 e. The number of carbonyl (C=O) groups is 1. The maximum absolute atomic E-state index is 12.4. The third kappa shape index (κ3) is 4.75. The van der Waals surface area contributed by atoms with Gasteiger partial charge in [0.2, 0.25) is 5.91 Å². The third-order valence-electron chi connectivity index (χ3n) is 4.42. The summed E-state index contributed by atoms with van der Waals surface area (Å²) in [5, 5.41) is 6.95. The molecule has 0 spiro atoms. The van der Waals surface area contributed by atoms with Crippen molar-refractivity contribution in [3.63, 3.8) is 0 Å². The van der Waals surface area contributed by atoms with Crippen molar-refractivity contribution >= 4 is 11.6 Å². The molecule has 6 heteroatoms. The van der Waals surface area contributed by atoms with Gasteiger partial charge in [0.15, 0.2) is 0 Å². The molecule has 0 bridgehead atoms. The molecule has 0 aliphatic rings. The number of carbonyl (C=O) groups excluding carboxylic acids is 1. The fraction of sp³-hybridized carbons (Fsp3) is 0.0870. The summed E-state index contributed by atoms with van der Waals surface area (Å²) >= 11 is 0. The Morgan fingerprint density at radius 1 is 0.897 bits per heavy atom. The Morgan fingerprint density at radius 2 is 1.52 bits per heavy atom. The highest BCUT2D eigenvalue weighted by atomic mass is 16.5. The van der Waals surface area contributed by atoms with E-state index in [4.69, 9.17) is 4.74 Å². The van der Waals surface area contributed by atoms with Crippen LogP contribution >= 0.6 is 0 Å². The van der Waals surface area contributed by atoms with Crippen LogP contribution in [0, 0.1) is 0 Å². The van der Waals surface area contributed by atoms with E-state index in [0.29, 0.717) is 5.69 Å². The molecule has 3 aromatic carbocycles. The van der Waals surface area contributed by atoms with E-state index in [1.54, 1.807) is 11.0 Å². The van der Waals surface area contributed by atoms with Gasteiger partial charge in [-0.05, 0) is 35.4 Å². The fourth-order valence-corrected chi connectivity index (χ4v) is 3.04. The fourth-order valence-electron chi connectivity index (χ4n) is 3.04. The lowest BCUT2D eigenvalue weighted by Gasteiger charge is -2.19. The summed E-state index contributed by atoms with van der Waals surface area (Å²) in [5.41, 5.74) is 3.57. The molecular formula is C23H20N4O2. The van der Waals surface area contributed by atoms with Gasteiger partial charge < -0.3 is 10.1 Å². The van der Waals surface area contributed by atoms with Crippen LogP contribution in [-0.2, 0) is 9.53 Å². The Labute approximate surface area is 168 Å². The Morgan fingerprint density at radius 3 is 2.07 bits per heavy atom. The first-order valence-corrected chi connectivity index (χ1v) is 9.26. The Kier molecular flexibility index (Phi) is 5.73. The summed E-state index contributed by atoms with van der Waals surface area (Å²) in [5.74, 6) is -0.213. The van der Waals surface area contributed by atoms with Crippen molar-refractivity contribution in [2.45, 2.75) is 6.10 Å². The second-order valence-corrected chi connectivity index (χ2v) is 6.45. The lowest BCUT2D eigenvalue weighted by molar-refractivity contribution is -0.121. The topological polar surface area (TPSA) is 69.0 Å². The molecule has 0 aliphatic heterocycles. The Balaban J connectivity index is 1.40. The van der Waals surface area contributed by atoms with Gasteiger partial charge in [-0.25, -0.2) is 9.67 Å². The van der Waals surface area contributed by atoms with E-state index in [0.717, 1.165) is 16.8 Å². The van der Waals surface area contributed by atoms with Gasteiger partial charge in [0.05, 0.1) is 5.69 Å². The highest BCUT2D eigenvalue weighted by molar-refractivity contribution is 5.91. The van der Waals surface area contributed by atoms with Crippen LogP contribution in [0.1, 0.15) is 17.2 Å². The largest absolute Gasteiger partial charge is 0.359 e. The molecule has 0 radical (unpaired) electrons. The molecule has 29 heavy (non-hydrogen) atoms. The standard InChI is InChI=1S/C23H20N4O2/c28-22(26-20-11-13-21(14-12-20)27-17-24-16-25-27)15-29-23(18-7-3-1-4-8-18)19-9-5-2-6-10-19/h1-14,16-17,23H,15H2,(H,26,28). The average Bonchev–Trinajstić information content (AvgIpc) is 3.31. The monoisotopic (exact) mass is 384 g/mol. The quantitative estimate of drug-likeness (QED) is 0.523. The predicted octanol–water partition coefficient (Wildman–Crippen LogP) is 4.01. The molecule has 0 aliphatic carbocycles. The van der Waals surface area contributed by atoms with Crippen molar-refractivity contribution in [1.29, 1.82) is 0 Å². The lowest BCUT2D eigenvalue weighted by Crippen LogP contribution is -2.20. The van der Waals surface area contributed by atoms with Gasteiger partial charge in [-0.2, -0.15) is 5.10 Å². The molecule has 6 nitrogen and oxygen atoms in total.